The highest BCUT2D eigenvalue weighted by Gasteiger charge is 2.11. The highest BCUT2D eigenvalue weighted by Crippen LogP contribution is 2.21. The summed E-state index contributed by atoms with van der Waals surface area (Å²) in [6.07, 6.45) is 3.75. The first kappa shape index (κ1) is 17.3. The zero-order valence-electron chi connectivity index (χ0n) is 13.5. The van der Waals surface area contributed by atoms with E-state index in [2.05, 4.69) is 10.2 Å². The lowest BCUT2D eigenvalue weighted by Gasteiger charge is -2.28. The van der Waals surface area contributed by atoms with Crippen LogP contribution in [0.2, 0.25) is 0 Å². The highest BCUT2D eigenvalue weighted by molar-refractivity contribution is 5.93. The van der Waals surface area contributed by atoms with Gasteiger partial charge in [0.2, 0.25) is 0 Å². The quantitative estimate of drug-likeness (QED) is 0.780. The van der Waals surface area contributed by atoms with Crippen LogP contribution in [0.1, 0.15) is 26.2 Å². The van der Waals surface area contributed by atoms with Crippen molar-refractivity contribution in [2.75, 3.05) is 43.1 Å². The van der Waals surface area contributed by atoms with E-state index in [1.165, 1.54) is 24.9 Å². The average molecular weight is 320 g/mol. The third kappa shape index (κ3) is 5.90. The molecule has 0 unspecified atom stereocenters. The van der Waals surface area contributed by atoms with Crippen LogP contribution >= 0.6 is 0 Å². The van der Waals surface area contributed by atoms with E-state index >= 15 is 0 Å². The largest absolute Gasteiger partial charge is 0.454 e. The Morgan fingerprint density at radius 3 is 2.43 bits per heavy atom. The van der Waals surface area contributed by atoms with Crippen LogP contribution in [0.25, 0.3) is 0 Å². The van der Waals surface area contributed by atoms with E-state index in [0.717, 1.165) is 13.1 Å². The summed E-state index contributed by atoms with van der Waals surface area (Å²) in [5.41, 5.74) is 1.86. The number of rotatable bonds is 7. The summed E-state index contributed by atoms with van der Waals surface area (Å²) < 4.78 is 9.72. The second-order valence-electron chi connectivity index (χ2n) is 5.44. The van der Waals surface area contributed by atoms with Gasteiger partial charge in [0.15, 0.2) is 6.61 Å². The Morgan fingerprint density at radius 1 is 1.09 bits per heavy atom. The van der Waals surface area contributed by atoms with Gasteiger partial charge in [-0.25, -0.2) is 4.79 Å². The number of esters is 1. The second kappa shape index (κ2) is 9.15. The van der Waals surface area contributed by atoms with Gasteiger partial charge >= 0.3 is 5.97 Å². The lowest BCUT2D eigenvalue weighted by atomic mass is 10.1. The number of piperidine rings is 1. The minimum absolute atomic E-state index is 0.131. The fourth-order valence-corrected chi connectivity index (χ4v) is 2.48. The fraction of sp³-hybridized carbons (Fsp3) is 0.529. The first-order valence-electron chi connectivity index (χ1n) is 8.07. The highest BCUT2D eigenvalue weighted by atomic mass is 16.6. The smallest absolute Gasteiger partial charge is 0.332 e. The van der Waals surface area contributed by atoms with Crippen molar-refractivity contribution >= 4 is 23.3 Å². The van der Waals surface area contributed by atoms with Crippen LogP contribution in [0, 0.1) is 0 Å². The van der Waals surface area contributed by atoms with Crippen molar-refractivity contribution in [3.05, 3.63) is 24.3 Å². The van der Waals surface area contributed by atoms with Crippen molar-refractivity contribution in [3.63, 3.8) is 0 Å². The molecule has 0 bridgehead atoms. The third-order valence-electron chi connectivity index (χ3n) is 3.66. The molecule has 1 aliphatic heterocycles. The van der Waals surface area contributed by atoms with Crippen molar-refractivity contribution in [2.24, 2.45) is 0 Å². The van der Waals surface area contributed by atoms with Crippen LogP contribution in [-0.2, 0) is 19.1 Å². The zero-order valence-corrected chi connectivity index (χ0v) is 13.5. The minimum atomic E-state index is -0.539. The van der Waals surface area contributed by atoms with Crippen LogP contribution < -0.4 is 10.2 Å². The molecule has 6 nitrogen and oxygen atoms in total. The van der Waals surface area contributed by atoms with Crippen LogP contribution in [-0.4, -0.2) is 44.8 Å². The Labute approximate surface area is 136 Å². The summed E-state index contributed by atoms with van der Waals surface area (Å²) in [7, 11) is 0. The van der Waals surface area contributed by atoms with Crippen LogP contribution in [0.15, 0.2) is 24.3 Å². The number of ether oxygens (including phenoxy) is 2. The van der Waals surface area contributed by atoms with Gasteiger partial charge in [-0.15, -0.1) is 0 Å². The van der Waals surface area contributed by atoms with Crippen LogP contribution in [0.4, 0.5) is 11.4 Å². The molecule has 0 atom stereocenters. The van der Waals surface area contributed by atoms with Gasteiger partial charge in [0.25, 0.3) is 5.91 Å². The van der Waals surface area contributed by atoms with Gasteiger partial charge in [0.1, 0.15) is 6.61 Å². The summed E-state index contributed by atoms with van der Waals surface area (Å²) in [5.74, 6) is -0.900. The molecule has 1 amide bonds. The molecule has 1 saturated heterocycles. The van der Waals surface area contributed by atoms with Gasteiger partial charge in [0.05, 0.1) is 0 Å². The SMILES string of the molecule is CCOCC(=O)OCC(=O)Nc1ccc(N2CCCCC2)cc1. The standard InChI is InChI=1S/C17H24N2O4/c1-2-22-13-17(21)23-12-16(20)18-14-6-8-15(9-7-14)19-10-4-3-5-11-19/h6-9H,2-5,10-13H2,1H3,(H,18,20). The molecule has 23 heavy (non-hydrogen) atoms. The summed E-state index contributed by atoms with van der Waals surface area (Å²) >= 11 is 0. The van der Waals surface area contributed by atoms with Crippen molar-refractivity contribution in [3.8, 4) is 0 Å². The summed E-state index contributed by atoms with van der Waals surface area (Å²) in [5, 5.41) is 2.71. The number of nitrogens with zero attached hydrogens (tertiary/aromatic N) is 1. The molecule has 1 N–H and O–H groups in total. The Morgan fingerprint density at radius 2 is 1.78 bits per heavy atom. The summed E-state index contributed by atoms with van der Waals surface area (Å²) in [4.78, 5) is 25.3. The predicted molar refractivity (Wildman–Crippen MR) is 88.6 cm³/mol. The maximum atomic E-state index is 11.7. The number of hydrogen-bond donors (Lipinski definition) is 1. The molecule has 1 aromatic rings. The Balaban J connectivity index is 1.76. The Kier molecular flexibility index (Phi) is 6.87. The molecule has 0 aliphatic carbocycles. The van der Waals surface area contributed by atoms with Crippen molar-refractivity contribution in [1.82, 2.24) is 0 Å². The molecule has 126 valence electrons. The molecule has 0 radical (unpaired) electrons. The van der Waals surface area contributed by atoms with Crippen molar-refractivity contribution < 1.29 is 19.1 Å². The van der Waals surface area contributed by atoms with Gasteiger partial charge in [-0.3, -0.25) is 4.79 Å². The molecule has 1 fully saturated rings. The maximum Gasteiger partial charge on any atom is 0.332 e. The van der Waals surface area contributed by atoms with Gasteiger partial charge in [-0.05, 0) is 50.5 Å². The topological polar surface area (TPSA) is 67.9 Å². The Hall–Kier alpha value is -2.08. The average Bonchev–Trinajstić information content (AvgIpc) is 2.59. The molecule has 1 aromatic carbocycles. The molecule has 1 aliphatic rings. The number of nitrogens with one attached hydrogen (secondary N) is 1. The van der Waals surface area contributed by atoms with Crippen molar-refractivity contribution in [2.45, 2.75) is 26.2 Å². The normalized spacial score (nSPS) is 14.4. The fourth-order valence-electron chi connectivity index (χ4n) is 2.48. The number of benzene rings is 1. The third-order valence-corrected chi connectivity index (χ3v) is 3.66. The van der Waals surface area contributed by atoms with Crippen molar-refractivity contribution in [1.29, 1.82) is 0 Å². The molecule has 2 rings (SSSR count). The van der Waals surface area contributed by atoms with E-state index in [9.17, 15) is 9.59 Å². The Bertz CT molecular complexity index is 510. The number of carbonyl (C=O) groups excluding carboxylic acids is 2. The molecular weight excluding hydrogens is 296 g/mol. The molecular formula is C17H24N2O4. The number of amides is 1. The number of carbonyl (C=O) groups is 2. The first-order chi connectivity index (χ1) is 11.2. The lowest BCUT2D eigenvalue weighted by Crippen LogP contribution is -2.29. The summed E-state index contributed by atoms with van der Waals surface area (Å²) in [6, 6.07) is 7.73. The predicted octanol–water partition coefficient (Wildman–Crippen LogP) is 2.20. The van der Waals surface area contributed by atoms with Gasteiger partial charge in [-0.1, -0.05) is 0 Å². The van der Waals surface area contributed by atoms with Crippen LogP contribution in [0.3, 0.4) is 0 Å². The zero-order chi connectivity index (χ0) is 16.5. The maximum absolute atomic E-state index is 11.7. The molecule has 0 spiro atoms. The van der Waals surface area contributed by atoms with E-state index in [0.29, 0.717) is 12.3 Å². The van der Waals surface area contributed by atoms with Crippen LogP contribution in [0.5, 0.6) is 0 Å². The molecule has 0 aromatic heterocycles. The molecule has 0 saturated carbocycles. The second-order valence-corrected chi connectivity index (χ2v) is 5.44. The van der Waals surface area contributed by atoms with Gasteiger partial charge < -0.3 is 19.7 Å². The first-order valence-corrected chi connectivity index (χ1v) is 8.07. The number of anilines is 2. The van der Waals surface area contributed by atoms with E-state index in [1.807, 2.05) is 24.3 Å². The monoisotopic (exact) mass is 320 g/mol. The summed E-state index contributed by atoms with van der Waals surface area (Å²) in [6.45, 7) is 3.95. The van der Waals surface area contributed by atoms with E-state index in [1.54, 1.807) is 6.92 Å². The van der Waals surface area contributed by atoms with Gasteiger partial charge in [-0.2, -0.15) is 0 Å². The minimum Gasteiger partial charge on any atom is -0.454 e. The molecule has 1 heterocycles. The lowest BCUT2D eigenvalue weighted by molar-refractivity contribution is -0.151. The van der Waals surface area contributed by atoms with E-state index in [4.69, 9.17) is 9.47 Å². The van der Waals surface area contributed by atoms with E-state index < -0.39 is 5.97 Å². The van der Waals surface area contributed by atoms with Gasteiger partial charge in [0, 0.05) is 31.1 Å². The number of hydrogen-bond acceptors (Lipinski definition) is 5. The molecule has 6 heteroatoms. The van der Waals surface area contributed by atoms with E-state index in [-0.39, 0.29) is 19.1 Å².